The van der Waals surface area contributed by atoms with Crippen LogP contribution < -0.4 is 0 Å². The van der Waals surface area contributed by atoms with Crippen LogP contribution in [-0.2, 0) is 6.18 Å². The number of rotatable bonds is 1. The Balaban J connectivity index is 3.33. The third-order valence-electron chi connectivity index (χ3n) is 1.69. The van der Waals surface area contributed by atoms with Gasteiger partial charge in [0, 0.05) is 0 Å². The number of hydrogen-bond donors (Lipinski definition) is 0. The van der Waals surface area contributed by atoms with E-state index in [9.17, 15) is 13.2 Å². The first-order chi connectivity index (χ1) is 6.99. The number of nitrogens with zero attached hydrogens (tertiary/aromatic N) is 1. The van der Waals surface area contributed by atoms with Crippen LogP contribution in [0.15, 0.2) is 18.2 Å². The molecule has 0 aliphatic carbocycles. The zero-order chi connectivity index (χ0) is 11.5. The first-order valence-corrected chi connectivity index (χ1v) is 4.17. The Bertz CT molecular complexity index is 429. The lowest BCUT2D eigenvalue weighted by Crippen LogP contribution is -2.07. The van der Waals surface area contributed by atoms with Gasteiger partial charge in [0.25, 0.3) is 0 Å². The summed E-state index contributed by atoms with van der Waals surface area (Å²) in [5.74, 6) is 0. The van der Waals surface area contributed by atoms with Crippen molar-refractivity contribution in [2.75, 3.05) is 0 Å². The van der Waals surface area contributed by atoms with Crippen LogP contribution >= 0.6 is 11.6 Å². The van der Waals surface area contributed by atoms with Crippen LogP contribution in [0.1, 0.15) is 16.7 Å². The molecule has 0 bridgehead atoms. The Hall–Kier alpha value is -1.47. The number of nitriles is 1. The van der Waals surface area contributed by atoms with Crippen molar-refractivity contribution in [2.45, 2.75) is 6.18 Å². The highest BCUT2D eigenvalue weighted by Crippen LogP contribution is 2.32. The normalized spacial score (nSPS) is 11.7. The van der Waals surface area contributed by atoms with E-state index in [1.54, 1.807) is 0 Å². The molecule has 0 aliphatic rings. The van der Waals surface area contributed by atoms with Crippen LogP contribution in [0.5, 0.6) is 0 Å². The molecule has 0 N–H and O–H groups in total. The van der Waals surface area contributed by atoms with Gasteiger partial charge in [-0.05, 0) is 23.8 Å². The number of benzene rings is 1. The second-order valence-corrected chi connectivity index (χ2v) is 2.89. The molecule has 77 valence electrons. The largest absolute Gasteiger partial charge is 0.417 e. The summed E-state index contributed by atoms with van der Waals surface area (Å²) in [6.07, 6.45) is -3.35. The molecule has 1 aromatic carbocycles. The first kappa shape index (κ1) is 11.6. The Morgan fingerprint density at radius 2 is 2.00 bits per heavy atom. The monoisotopic (exact) mass is 230 g/mol. The van der Waals surface area contributed by atoms with E-state index in [0.29, 0.717) is 0 Å². The maximum Gasteiger partial charge on any atom is 0.417 e. The standard InChI is InChI=1S/C10H4ClF3N/c11-4-3-7-1-2-8(6-15)9(5-7)10(12,13)14/h1-3,5H. The molecule has 5 heteroatoms. The number of halogens is 4. The molecule has 0 unspecified atom stereocenters. The van der Waals surface area contributed by atoms with Gasteiger partial charge in [0.1, 0.15) is 0 Å². The minimum atomic E-state index is -4.54. The Morgan fingerprint density at radius 3 is 2.47 bits per heavy atom. The third-order valence-corrected chi connectivity index (χ3v) is 1.80. The highest BCUT2D eigenvalue weighted by molar-refractivity contribution is 6.23. The summed E-state index contributed by atoms with van der Waals surface area (Å²) in [6, 6.07) is 4.80. The van der Waals surface area contributed by atoms with Gasteiger partial charge < -0.3 is 0 Å². The lowest BCUT2D eigenvalue weighted by molar-refractivity contribution is -0.137. The molecule has 0 atom stereocenters. The average molecular weight is 231 g/mol. The number of alkyl halides is 3. The highest BCUT2D eigenvalue weighted by Gasteiger charge is 2.33. The van der Waals surface area contributed by atoms with Crippen molar-refractivity contribution >= 4 is 17.7 Å². The fourth-order valence-corrected chi connectivity index (χ4v) is 1.17. The van der Waals surface area contributed by atoms with E-state index in [1.165, 1.54) is 18.2 Å². The lowest BCUT2D eigenvalue weighted by Gasteiger charge is -2.08. The topological polar surface area (TPSA) is 23.8 Å². The minimum Gasteiger partial charge on any atom is -0.192 e. The van der Waals surface area contributed by atoms with Crippen molar-refractivity contribution in [1.29, 1.82) is 5.26 Å². The molecule has 0 aromatic heterocycles. The van der Waals surface area contributed by atoms with Crippen LogP contribution in [0.3, 0.4) is 0 Å². The molecule has 0 heterocycles. The Labute approximate surface area is 89.4 Å². The van der Waals surface area contributed by atoms with Gasteiger partial charge in [-0.2, -0.15) is 18.4 Å². The summed E-state index contributed by atoms with van der Waals surface area (Å²) in [7, 11) is 0. The summed E-state index contributed by atoms with van der Waals surface area (Å²) in [5.41, 5.74) is 0.969. The predicted octanol–water partition coefficient (Wildman–Crippen LogP) is 3.59. The van der Waals surface area contributed by atoms with Gasteiger partial charge in [-0.25, -0.2) is 0 Å². The third kappa shape index (κ3) is 2.74. The lowest BCUT2D eigenvalue weighted by atomic mass is 10.0. The summed E-state index contributed by atoms with van der Waals surface area (Å²) >= 11 is 5.12. The van der Waals surface area contributed by atoms with Gasteiger partial charge in [-0.15, -0.1) is 0 Å². The van der Waals surface area contributed by atoms with E-state index in [4.69, 9.17) is 16.9 Å². The van der Waals surface area contributed by atoms with Gasteiger partial charge in [-0.1, -0.05) is 17.7 Å². The fraction of sp³-hybridized carbons (Fsp3) is 0.100. The Kier molecular flexibility index (Phi) is 3.38. The number of hydrogen-bond acceptors (Lipinski definition) is 1. The van der Waals surface area contributed by atoms with Crippen LogP contribution in [0.25, 0.3) is 6.08 Å². The zero-order valence-corrected chi connectivity index (χ0v) is 8.02. The van der Waals surface area contributed by atoms with Gasteiger partial charge in [0.15, 0.2) is 0 Å². The van der Waals surface area contributed by atoms with E-state index in [-0.39, 0.29) is 5.56 Å². The summed E-state index contributed by atoms with van der Waals surface area (Å²) in [6.45, 7) is 0. The van der Waals surface area contributed by atoms with E-state index in [0.717, 1.165) is 12.1 Å². The summed E-state index contributed by atoms with van der Waals surface area (Å²) < 4.78 is 37.3. The SMILES string of the molecule is N#Cc1ccc(C=[C]Cl)cc1C(F)(F)F. The first-order valence-electron chi connectivity index (χ1n) is 3.79. The molecule has 1 aromatic rings. The Morgan fingerprint density at radius 1 is 1.33 bits per heavy atom. The predicted molar refractivity (Wildman–Crippen MR) is 49.7 cm³/mol. The molecule has 15 heavy (non-hydrogen) atoms. The highest BCUT2D eigenvalue weighted by atomic mass is 35.5. The molecule has 0 spiro atoms. The van der Waals surface area contributed by atoms with E-state index < -0.39 is 17.3 Å². The van der Waals surface area contributed by atoms with Crippen LogP contribution in [-0.4, -0.2) is 0 Å². The molecule has 0 amide bonds. The molecule has 1 nitrogen and oxygen atoms in total. The molecular formula is C10H4ClF3N. The quantitative estimate of drug-likeness (QED) is 0.723. The maximum absolute atomic E-state index is 12.4. The minimum absolute atomic E-state index is 0.247. The van der Waals surface area contributed by atoms with Crippen molar-refractivity contribution in [3.8, 4) is 6.07 Å². The van der Waals surface area contributed by atoms with Gasteiger partial charge >= 0.3 is 6.18 Å². The van der Waals surface area contributed by atoms with Crippen molar-refractivity contribution in [3.63, 3.8) is 0 Å². The van der Waals surface area contributed by atoms with Crippen molar-refractivity contribution in [2.24, 2.45) is 0 Å². The molecule has 0 saturated heterocycles. The zero-order valence-electron chi connectivity index (χ0n) is 7.27. The second kappa shape index (κ2) is 4.37. The van der Waals surface area contributed by atoms with E-state index >= 15 is 0 Å². The molecule has 1 radical (unpaired) electrons. The summed E-state index contributed by atoms with van der Waals surface area (Å²) in [4.78, 5) is 0. The van der Waals surface area contributed by atoms with Crippen LogP contribution in [0.2, 0.25) is 0 Å². The molecule has 0 saturated carbocycles. The van der Waals surface area contributed by atoms with Gasteiger partial charge in [0.2, 0.25) is 0 Å². The molecule has 1 rings (SSSR count). The van der Waals surface area contributed by atoms with Crippen molar-refractivity contribution in [1.82, 2.24) is 0 Å². The maximum atomic E-state index is 12.4. The van der Waals surface area contributed by atoms with Crippen molar-refractivity contribution in [3.05, 3.63) is 40.4 Å². The molecule has 0 fully saturated rings. The summed E-state index contributed by atoms with van der Waals surface area (Å²) in [5, 5.41) is 8.50. The van der Waals surface area contributed by atoms with Crippen LogP contribution in [0.4, 0.5) is 13.2 Å². The van der Waals surface area contributed by atoms with Crippen LogP contribution in [0, 0.1) is 16.9 Å². The molecular weight excluding hydrogens is 227 g/mol. The van der Waals surface area contributed by atoms with Crippen molar-refractivity contribution < 1.29 is 13.2 Å². The van der Waals surface area contributed by atoms with E-state index in [1.807, 2.05) is 0 Å². The van der Waals surface area contributed by atoms with E-state index in [2.05, 4.69) is 5.54 Å². The van der Waals surface area contributed by atoms with Gasteiger partial charge in [0.05, 0.1) is 22.7 Å². The average Bonchev–Trinajstić information content (AvgIpc) is 2.17. The van der Waals surface area contributed by atoms with Gasteiger partial charge in [-0.3, -0.25) is 0 Å². The fourth-order valence-electron chi connectivity index (χ4n) is 1.05. The smallest absolute Gasteiger partial charge is 0.192 e. The second-order valence-electron chi connectivity index (χ2n) is 2.67. The molecule has 0 aliphatic heterocycles.